The van der Waals surface area contributed by atoms with Crippen LogP contribution < -0.4 is 0 Å². The maximum absolute atomic E-state index is 13.6. The van der Waals surface area contributed by atoms with Crippen LogP contribution in [0.25, 0.3) is 0 Å². The molecule has 1 aromatic carbocycles. The number of hydrogen-bond acceptors (Lipinski definition) is 1. The van der Waals surface area contributed by atoms with Gasteiger partial charge in [0.05, 0.1) is 0 Å². The second-order valence-corrected chi connectivity index (χ2v) is 5.30. The van der Waals surface area contributed by atoms with Crippen LogP contribution in [-0.4, -0.2) is 29.6 Å². The number of benzene rings is 1. The Hall–Kier alpha value is -1.18. The summed E-state index contributed by atoms with van der Waals surface area (Å²) in [4.78, 5) is 12.3. The van der Waals surface area contributed by atoms with Gasteiger partial charge in [0, 0.05) is 10.5 Å². The standard InChI is InChI=1S/C12H11BrF5NO/c1-6(2)19(5-12(16,17)18)11(20)10-8(14)3-7(13)4-9(10)15/h3-4,6H,5H2,1-2H3. The Morgan fingerprint density at radius 2 is 1.70 bits per heavy atom. The van der Waals surface area contributed by atoms with Crippen LogP contribution >= 0.6 is 15.9 Å². The lowest BCUT2D eigenvalue weighted by Gasteiger charge is -2.28. The number of nitrogens with zero attached hydrogens (tertiary/aromatic N) is 1. The monoisotopic (exact) mass is 359 g/mol. The number of carbonyl (C=O) groups excluding carboxylic acids is 1. The lowest BCUT2D eigenvalue weighted by atomic mass is 10.1. The van der Waals surface area contributed by atoms with Gasteiger partial charge in [0.15, 0.2) is 0 Å². The third kappa shape index (κ3) is 4.16. The first kappa shape index (κ1) is 16.9. The van der Waals surface area contributed by atoms with Crippen LogP contribution in [0.2, 0.25) is 0 Å². The quantitative estimate of drug-likeness (QED) is 0.742. The van der Waals surface area contributed by atoms with E-state index in [2.05, 4.69) is 15.9 Å². The molecule has 0 atom stereocenters. The van der Waals surface area contributed by atoms with E-state index in [4.69, 9.17) is 0 Å². The molecule has 0 spiro atoms. The molecule has 1 amide bonds. The zero-order valence-electron chi connectivity index (χ0n) is 10.6. The molecule has 1 rings (SSSR count). The van der Waals surface area contributed by atoms with Gasteiger partial charge in [-0.15, -0.1) is 0 Å². The minimum Gasteiger partial charge on any atom is -0.327 e. The van der Waals surface area contributed by atoms with Crippen LogP contribution in [0.15, 0.2) is 16.6 Å². The molecule has 0 saturated carbocycles. The maximum Gasteiger partial charge on any atom is 0.406 e. The van der Waals surface area contributed by atoms with E-state index in [1.807, 2.05) is 0 Å². The Balaban J connectivity index is 3.20. The largest absolute Gasteiger partial charge is 0.406 e. The van der Waals surface area contributed by atoms with Crippen LogP contribution in [-0.2, 0) is 0 Å². The predicted octanol–water partition coefficient (Wildman–Crippen LogP) is 4.14. The van der Waals surface area contributed by atoms with Crippen molar-refractivity contribution < 1.29 is 26.7 Å². The third-order valence-corrected chi connectivity index (χ3v) is 2.91. The molecule has 0 aliphatic carbocycles. The highest BCUT2D eigenvalue weighted by molar-refractivity contribution is 9.10. The van der Waals surface area contributed by atoms with Gasteiger partial charge in [0.25, 0.3) is 5.91 Å². The van der Waals surface area contributed by atoms with E-state index >= 15 is 0 Å². The van der Waals surface area contributed by atoms with Crippen molar-refractivity contribution in [3.05, 3.63) is 33.8 Å². The topological polar surface area (TPSA) is 20.3 Å². The smallest absolute Gasteiger partial charge is 0.327 e. The number of hydrogen-bond donors (Lipinski definition) is 0. The van der Waals surface area contributed by atoms with Crippen molar-refractivity contribution in [2.45, 2.75) is 26.1 Å². The summed E-state index contributed by atoms with van der Waals surface area (Å²) in [6.45, 7) is 1.09. The molecule has 0 aromatic heterocycles. The number of alkyl halides is 3. The molecule has 0 bridgehead atoms. The van der Waals surface area contributed by atoms with Crippen LogP contribution in [0.3, 0.4) is 0 Å². The molecule has 0 aliphatic heterocycles. The van der Waals surface area contributed by atoms with Crippen molar-refractivity contribution in [3.8, 4) is 0 Å². The van der Waals surface area contributed by atoms with Gasteiger partial charge in [0.1, 0.15) is 23.7 Å². The Kier molecular flexibility index (Phi) is 5.12. The second kappa shape index (κ2) is 6.07. The van der Waals surface area contributed by atoms with Gasteiger partial charge in [0.2, 0.25) is 0 Å². The van der Waals surface area contributed by atoms with Gasteiger partial charge < -0.3 is 4.90 Å². The first-order chi connectivity index (χ1) is 9.03. The second-order valence-electron chi connectivity index (χ2n) is 4.39. The lowest BCUT2D eigenvalue weighted by molar-refractivity contribution is -0.143. The van der Waals surface area contributed by atoms with E-state index in [9.17, 15) is 26.7 Å². The summed E-state index contributed by atoms with van der Waals surface area (Å²) in [7, 11) is 0. The molecule has 0 saturated heterocycles. The summed E-state index contributed by atoms with van der Waals surface area (Å²) >= 11 is 2.83. The molecule has 20 heavy (non-hydrogen) atoms. The van der Waals surface area contributed by atoms with Gasteiger partial charge in [-0.2, -0.15) is 13.2 Å². The molecule has 1 aromatic rings. The van der Waals surface area contributed by atoms with E-state index in [-0.39, 0.29) is 4.47 Å². The van der Waals surface area contributed by atoms with Gasteiger partial charge in [-0.1, -0.05) is 15.9 Å². The van der Waals surface area contributed by atoms with Crippen molar-refractivity contribution in [1.82, 2.24) is 4.90 Å². The Bertz CT molecular complexity index is 492. The van der Waals surface area contributed by atoms with Crippen molar-refractivity contribution in [2.75, 3.05) is 6.54 Å². The molecule has 0 fully saturated rings. The predicted molar refractivity (Wildman–Crippen MR) is 66.3 cm³/mol. The van der Waals surface area contributed by atoms with Gasteiger partial charge in [-0.05, 0) is 26.0 Å². The zero-order valence-corrected chi connectivity index (χ0v) is 12.1. The van der Waals surface area contributed by atoms with Crippen molar-refractivity contribution >= 4 is 21.8 Å². The summed E-state index contributed by atoms with van der Waals surface area (Å²) in [5.74, 6) is -3.76. The normalized spacial score (nSPS) is 11.8. The van der Waals surface area contributed by atoms with E-state index < -0.39 is 41.9 Å². The van der Waals surface area contributed by atoms with Crippen molar-refractivity contribution in [2.24, 2.45) is 0 Å². The first-order valence-corrected chi connectivity index (χ1v) is 6.34. The molecule has 112 valence electrons. The summed E-state index contributed by atoms with van der Waals surface area (Å²) in [6.07, 6.45) is -4.65. The highest BCUT2D eigenvalue weighted by Crippen LogP contribution is 2.24. The molecule has 2 nitrogen and oxygen atoms in total. The fraction of sp³-hybridized carbons (Fsp3) is 0.417. The highest BCUT2D eigenvalue weighted by atomic mass is 79.9. The maximum atomic E-state index is 13.6. The minimum absolute atomic E-state index is 0.0518. The average molecular weight is 360 g/mol. The average Bonchev–Trinajstić information content (AvgIpc) is 2.22. The molecular weight excluding hydrogens is 349 g/mol. The Morgan fingerprint density at radius 3 is 2.05 bits per heavy atom. The molecular formula is C12H11BrF5NO. The lowest BCUT2D eigenvalue weighted by Crippen LogP contribution is -2.43. The summed E-state index contributed by atoms with van der Waals surface area (Å²) in [5.41, 5.74) is -0.994. The molecule has 8 heteroatoms. The third-order valence-electron chi connectivity index (χ3n) is 2.45. The highest BCUT2D eigenvalue weighted by Gasteiger charge is 2.36. The summed E-state index contributed by atoms with van der Waals surface area (Å²) in [6, 6.07) is 0.789. The fourth-order valence-electron chi connectivity index (χ4n) is 1.57. The molecule has 0 heterocycles. The van der Waals surface area contributed by atoms with Gasteiger partial charge in [-0.25, -0.2) is 8.78 Å². The Labute approximate surface area is 120 Å². The number of rotatable bonds is 3. The van der Waals surface area contributed by atoms with Gasteiger partial charge >= 0.3 is 6.18 Å². The number of halogens is 6. The SMILES string of the molecule is CC(C)N(CC(F)(F)F)C(=O)c1c(F)cc(Br)cc1F. The first-order valence-electron chi connectivity index (χ1n) is 5.55. The van der Waals surface area contributed by atoms with E-state index in [0.717, 1.165) is 12.1 Å². The molecule has 0 unspecified atom stereocenters. The fourth-order valence-corrected chi connectivity index (χ4v) is 1.97. The Morgan fingerprint density at radius 1 is 1.25 bits per heavy atom. The van der Waals surface area contributed by atoms with E-state index in [0.29, 0.717) is 4.90 Å². The van der Waals surface area contributed by atoms with E-state index in [1.54, 1.807) is 0 Å². The molecule has 0 radical (unpaired) electrons. The number of carbonyl (C=O) groups is 1. The van der Waals surface area contributed by atoms with Gasteiger partial charge in [-0.3, -0.25) is 4.79 Å². The summed E-state index contributed by atoms with van der Waals surface area (Å²) < 4.78 is 64.5. The van der Waals surface area contributed by atoms with Crippen LogP contribution in [0.4, 0.5) is 22.0 Å². The van der Waals surface area contributed by atoms with E-state index in [1.165, 1.54) is 13.8 Å². The van der Waals surface area contributed by atoms with Crippen molar-refractivity contribution in [3.63, 3.8) is 0 Å². The molecule has 0 N–H and O–H groups in total. The summed E-state index contributed by atoms with van der Waals surface area (Å²) in [5, 5.41) is 0. The van der Waals surface area contributed by atoms with Crippen LogP contribution in [0.5, 0.6) is 0 Å². The zero-order chi connectivity index (χ0) is 15.7. The minimum atomic E-state index is -4.65. The van der Waals surface area contributed by atoms with Crippen molar-refractivity contribution in [1.29, 1.82) is 0 Å². The van der Waals surface area contributed by atoms with Crippen LogP contribution in [0.1, 0.15) is 24.2 Å². The number of amides is 1. The molecule has 0 aliphatic rings. The van der Waals surface area contributed by atoms with Crippen LogP contribution in [0, 0.1) is 11.6 Å².